The molecule has 18 heavy (non-hydrogen) atoms. The van der Waals surface area contributed by atoms with Crippen LogP contribution in [0.4, 0.5) is 4.39 Å². The molecule has 98 valence electrons. The Labute approximate surface area is 115 Å². The second-order valence-electron chi connectivity index (χ2n) is 4.96. The highest BCUT2D eigenvalue weighted by Crippen LogP contribution is 2.63. The number of carbonyl (C=O) groups is 1. The molecule has 0 heterocycles. The zero-order chi connectivity index (χ0) is 13.6. The molecule has 1 saturated carbocycles. The van der Waals surface area contributed by atoms with Crippen LogP contribution in [0.15, 0.2) is 24.3 Å². The second kappa shape index (κ2) is 4.39. The number of benzene rings is 1. The molecule has 0 spiro atoms. The average molecular weight is 290 g/mol. The van der Waals surface area contributed by atoms with Crippen molar-refractivity contribution in [2.75, 3.05) is 0 Å². The van der Waals surface area contributed by atoms with Gasteiger partial charge in [-0.3, -0.25) is 4.79 Å². The molecule has 0 bridgehead atoms. The molecule has 1 amide bonds. The molecule has 1 fully saturated rings. The van der Waals surface area contributed by atoms with Crippen LogP contribution in [-0.2, 0) is 4.79 Å². The van der Waals surface area contributed by atoms with Crippen molar-refractivity contribution < 1.29 is 9.18 Å². The summed E-state index contributed by atoms with van der Waals surface area (Å²) in [6, 6.07) is 5.81. The number of hydrogen-bond donors (Lipinski definition) is 1. The first-order chi connectivity index (χ1) is 8.26. The number of carbonyl (C=O) groups excluding carboxylic acids is 1. The maximum Gasteiger partial charge on any atom is 0.229 e. The highest BCUT2D eigenvalue weighted by molar-refractivity contribution is 6.53. The first kappa shape index (κ1) is 13.6. The largest absolute Gasteiger partial charge is 0.349 e. The molecule has 0 saturated heterocycles. The average Bonchev–Trinajstić information content (AvgIpc) is 2.80. The van der Waals surface area contributed by atoms with E-state index in [0.29, 0.717) is 6.42 Å². The van der Waals surface area contributed by atoms with Gasteiger partial charge in [-0.05, 0) is 38.0 Å². The number of alkyl halides is 2. The first-order valence-corrected chi connectivity index (χ1v) is 6.46. The summed E-state index contributed by atoms with van der Waals surface area (Å²) in [6.07, 6.45) is 0.449. The number of nitrogens with one attached hydrogen (secondary N) is 1. The van der Waals surface area contributed by atoms with E-state index in [4.69, 9.17) is 23.2 Å². The smallest absolute Gasteiger partial charge is 0.229 e. The molecule has 0 aliphatic heterocycles. The van der Waals surface area contributed by atoms with Gasteiger partial charge in [-0.15, -0.1) is 23.2 Å². The minimum absolute atomic E-state index is 0.177. The van der Waals surface area contributed by atoms with Crippen molar-refractivity contribution in [1.29, 1.82) is 0 Å². The Hall–Kier alpha value is -0.800. The van der Waals surface area contributed by atoms with Crippen LogP contribution in [0.3, 0.4) is 0 Å². The van der Waals surface area contributed by atoms with Crippen LogP contribution in [0.1, 0.15) is 31.9 Å². The predicted octanol–water partition coefficient (Wildman–Crippen LogP) is 3.59. The normalized spacial score (nSPS) is 26.5. The molecule has 2 rings (SSSR count). The lowest BCUT2D eigenvalue weighted by atomic mass is 10.1. The van der Waals surface area contributed by atoms with E-state index < -0.39 is 9.75 Å². The fourth-order valence-electron chi connectivity index (χ4n) is 1.84. The Bertz CT molecular complexity index is 474. The molecule has 2 atom stereocenters. The Morgan fingerprint density at radius 2 is 1.89 bits per heavy atom. The summed E-state index contributed by atoms with van der Waals surface area (Å²) in [5.74, 6) is -0.476. The van der Waals surface area contributed by atoms with E-state index in [0.717, 1.165) is 5.56 Å². The van der Waals surface area contributed by atoms with E-state index in [1.807, 2.05) is 6.92 Å². The third-order valence-electron chi connectivity index (χ3n) is 3.48. The standard InChI is InChI=1S/C13H14Cl2FNO/c1-8(9-3-5-10(16)6-4-9)17-11(18)12(2)7-13(12,14)15/h3-6,8H,7H2,1-2H3,(H,17,18). The number of hydrogen-bond acceptors (Lipinski definition) is 1. The minimum Gasteiger partial charge on any atom is -0.349 e. The zero-order valence-electron chi connectivity index (χ0n) is 10.1. The van der Waals surface area contributed by atoms with Crippen LogP contribution in [0.5, 0.6) is 0 Å². The quantitative estimate of drug-likeness (QED) is 0.847. The highest BCUT2D eigenvalue weighted by Gasteiger charge is 2.67. The van der Waals surface area contributed by atoms with Gasteiger partial charge >= 0.3 is 0 Å². The van der Waals surface area contributed by atoms with Crippen LogP contribution < -0.4 is 5.32 Å². The monoisotopic (exact) mass is 289 g/mol. The van der Waals surface area contributed by atoms with Gasteiger partial charge in [-0.25, -0.2) is 4.39 Å². The Kier molecular flexibility index (Phi) is 3.32. The summed E-state index contributed by atoms with van der Waals surface area (Å²) in [6.45, 7) is 3.57. The van der Waals surface area contributed by atoms with E-state index in [1.54, 1.807) is 19.1 Å². The van der Waals surface area contributed by atoms with Crippen LogP contribution in [0.25, 0.3) is 0 Å². The summed E-state index contributed by atoms with van der Waals surface area (Å²) in [5.41, 5.74) is 0.105. The molecule has 0 radical (unpaired) electrons. The molecule has 1 aromatic carbocycles. The molecule has 0 aromatic heterocycles. The van der Waals surface area contributed by atoms with E-state index >= 15 is 0 Å². The van der Waals surface area contributed by atoms with E-state index in [1.165, 1.54) is 12.1 Å². The Morgan fingerprint density at radius 3 is 2.33 bits per heavy atom. The topological polar surface area (TPSA) is 29.1 Å². The molecule has 1 N–H and O–H groups in total. The maximum absolute atomic E-state index is 12.8. The van der Waals surface area contributed by atoms with Gasteiger partial charge in [0, 0.05) is 0 Å². The van der Waals surface area contributed by atoms with E-state index in [9.17, 15) is 9.18 Å². The van der Waals surface area contributed by atoms with E-state index in [2.05, 4.69) is 5.32 Å². The minimum atomic E-state index is -0.973. The zero-order valence-corrected chi connectivity index (χ0v) is 11.6. The lowest BCUT2D eigenvalue weighted by molar-refractivity contribution is -0.126. The Balaban J connectivity index is 2.02. The van der Waals surface area contributed by atoms with Crippen molar-refractivity contribution in [3.05, 3.63) is 35.6 Å². The summed E-state index contributed by atoms with van der Waals surface area (Å²) in [4.78, 5) is 12.0. The van der Waals surface area contributed by atoms with Gasteiger partial charge in [-0.2, -0.15) is 0 Å². The number of rotatable bonds is 3. The number of halogens is 3. The molecule has 1 aliphatic carbocycles. The third-order valence-corrected chi connectivity index (χ3v) is 4.58. The van der Waals surface area contributed by atoms with Crippen LogP contribution >= 0.6 is 23.2 Å². The van der Waals surface area contributed by atoms with Crippen LogP contribution in [0, 0.1) is 11.2 Å². The fourth-order valence-corrected chi connectivity index (χ4v) is 2.54. The fraction of sp³-hybridized carbons (Fsp3) is 0.462. The van der Waals surface area contributed by atoms with Gasteiger partial charge in [0.15, 0.2) is 0 Å². The van der Waals surface area contributed by atoms with Crippen molar-refractivity contribution in [2.24, 2.45) is 5.41 Å². The van der Waals surface area contributed by atoms with Gasteiger partial charge in [0.05, 0.1) is 11.5 Å². The maximum atomic E-state index is 12.8. The molecule has 5 heteroatoms. The molecule has 1 aromatic rings. The highest BCUT2D eigenvalue weighted by atomic mass is 35.5. The van der Waals surface area contributed by atoms with Gasteiger partial charge in [0.1, 0.15) is 10.2 Å². The van der Waals surface area contributed by atoms with Crippen molar-refractivity contribution in [3.8, 4) is 0 Å². The second-order valence-corrected chi connectivity index (χ2v) is 6.44. The lowest BCUT2D eigenvalue weighted by Gasteiger charge is -2.18. The van der Waals surface area contributed by atoms with Gasteiger partial charge < -0.3 is 5.32 Å². The van der Waals surface area contributed by atoms with Gasteiger partial charge in [0.2, 0.25) is 5.91 Å². The Morgan fingerprint density at radius 1 is 1.39 bits per heavy atom. The SMILES string of the molecule is CC(NC(=O)C1(C)CC1(Cl)Cl)c1ccc(F)cc1. The van der Waals surface area contributed by atoms with Gasteiger partial charge in [-0.1, -0.05) is 12.1 Å². The summed E-state index contributed by atoms with van der Waals surface area (Å²) >= 11 is 11.9. The van der Waals surface area contributed by atoms with Crippen molar-refractivity contribution >= 4 is 29.1 Å². The summed E-state index contributed by atoms with van der Waals surface area (Å²) in [7, 11) is 0. The van der Waals surface area contributed by atoms with Crippen molar-refractivity contribution in [1.82, 2.24) is 5.32 Å². The molecular formula is C13H14Cl2FNO. The van der Waals surface area contributed by atoms with Crippen LogP contribution in [-0.4, -0.2) is 10.2 Å². The number of amides is 1. The molecular weight excluding hydrogens is 276 g/mol. The lowest BCUT2D eigenvalue weighted by Crippen LogP contribution is -2.35. The van der Waals surface area contributed by atoms with Crippen LogP contribution in [0.2, 0.25) is 0 Å². The summed E-state index contributed by atoms with van der Waals surface area (Å²) < 4.78 is 11.8. The van der Waals surface area contributed by atoms with Crippen molar-refractivity contribution in [2.45, 2.75) is 30.6 Å². The first-order valence-electron chi connectivity index (χ1n) is 5.70. The van der Waals surface area contributed by atoms with E-state index in [-0.39, 0.29) is 17.8 Å². The predicted molar refractivity (Wildman–Crippen MR) is 70.1 cm³/mol. The molecule has 2 nitrogen and oxygen atoms in total. The third kappa shape index (κ3) is 2.34. The van der Waals surface area contributed by atoms with Gasteiger partial charge in [0.25, 0.3) is 0 Å². The summed E-state index contributed by atoms with van der Waals surface area (Å²) in [5, 5.41) is 2.84. The molecule has 1 aliphatic rings. The van der Waals surface area contributed by atoms with Crippen molar-refractivity contribution in [3.63, 3.8) is 0 Å². The molecule has 2 unspecified atom stereocenters.